The lowest BCUT2D eigenvalue weighted by Gasteiger charge is -2.04. The van der Waals surface area contributed by atoms with Crippen molar-refractivity contribution in [2.75, 3.05) is 0 Å². The summed E-state index contributed by atoms with van der Waals surface area (Å²) in [5, 5.41) is 0. The first-order chi connectivity index (χ1) is 6.15. The van der Waals surface area contributed by atoms with E-state index in [1.54, 1.807) is 11.3 Å². The van der Waals surface area contributed by atoms with Gasteiger partial charge in [0.25, 0.3) is 0 Å². The molecule has 0 aliphatic carbocycles. The highest BCUT2D eigenvalue weighted by Crippen LogP contribution is 2.20. The third-order valence-electron chi connectivity index (χ3n) is 1.98. The molecule has 0 radical (unpaired) electrons. The molecular formula is C11H15NS. The van der Waals surface area contributed by atoms with E-state index in [-0.39, 0.29) is 0 Å². The number of rotatable bonds is 3. The van der Waals surface area contributed by atoms with Crippen molar-refractivity contribution in [3.8, 4) is 0 Å². The Labute approximate surface area is 83.8 Å². The second-order valence-corrected chi connectivity index (χ2v) is 4.19. The summed E-state index contributed by atoms with van der Waals surface area (Å²) in [6, 6.07) is 0. The predicted molar refractivity (Wildman–Crippen MR) is 59.9 cm³/mol. The zero-order chi connectivity index (χ0) is 9.84. The van der Waals surface area contributed by atoms with E-state index in [0.717, 1.165) is 5.69 Å². The number of allylic oxidation sites excluding steroid dienone is 2. The van der Waals surface area contributed by atoms with Gasteiger partial charge in [-0.05, 0) is 24.5 Å². The molecule has 1 aromatic heterocycles. The minimum Gasteiger partial charge on any atom is -0.249 e. The van der Waals surface area contributed by atoms with Gasteiger partial charge in [-0.2, -0.15) is 0 Å². The number of hydrogen-bond acceptors (Lipinski definition) is 2. The lowest BCUT2D eigenvalue weighted by atomic mass is 10.0. The average molecular weight is 193 g/mol. The first kappa shape index (κ1) is 10.2. The van der Waals surface area contributed by atoms with Crippen LogP contribution in [-0.4, -0.2) is 4.98 Å². The molecule has 0 bridgehead atoms. The summed E-state index contributed by atoms with van der Waals surface area (Å²) in [6.45, 7) is 10.2. The predicted octanol–water partition coefficient (Wildman–Crippen LogP) is 3.68. The highest BCUT2D eigenvalue weighted by Gasteiger charge is 2.02. The second-order valence-electron chi connectivity index (χ2n) is 3.31. The van der Waals surface area contributed by atoms with Gasteiger partial charge in [-0.1, -0.05) is 26.5 Å². The molecule has 0 saturated carbocycles. The van der Waals surface area contributed by atoms with Crippen molar-refractivity contribution in [3.05, 3.63) is 34.3 Å². The van der Waals surface area contributed by atoms with Crippen molar-refractivity contribution in [2.45, 2.75) is 20.8 Å². The Balaban J connectivity index is 2.98. The minimum atomic E-state index is 0.527. The summed E-state index contributed by atoms with van der Waals surface area (Å²) in [7, 11) is 0. The van der Waals surface area contributed by atoms with Crippen molar-refractivity contribution in [1.82, 2.24) is 4.98 Å². The topological polar surface area (TPSA) is 12.9 Å². The van der Waals surface area contributed by atoms with Crippen LogP contribution in [0.3, 0.4) is 0 Å². The summed E-state index contributed by atoms with van der Waals surface area (Å²) in [4.78, 5) is 5.44. The molecule has 1 aromatic rings. The van der Waals surface area contributed by atoms with E-state index in [1.165, 1.54) is 10.5 Å². The summed E-state index contributed by atoms with van der Waals surface area (Å²) in [5.41, 5.74) is 4.25. The fourth-order valence-electron chi connectivity index (χ4n) is 1.06. The van der Waals surface area contributed by atoms with E-state index < -0.39 is 0 Å². The van der Waals surface area contributed by atoms with Crippen LogP contribution in [0.1, 0.15) is 24.4 Å². The first-order valence-corrected chi connectivity index (χ1v) is 5.27. The normalized spacial score (nSPS) is 12.2. The Morgan fingerprint density at radius 2 is 2.31 bits per heavy atom. The standard InChI is InChI=1S/C11H15NS/c1-5-10(8(2)3)6-11-9(4)12-7-13-11/h5-8H,1H2,2-4H3/b10-6+. The lowest BCUT2D eigenvalue weighted by molar-refractivity contribution is 0.798. The highest BCUT2D eigenvalue weighted by molar-refractivity contribution is 7.10. The van der Waals surface area contributed by atoms with Gasteiger partial charge in [0, 0.05) is 0 Å². The zero-order valence-corrected chi connectivity index (χ0v) is 9.19. The maximum atomic E-state index is 4.20. The maximum Gasteiger partial charge on any atom is 0.0801 e. The van der Waals surface area contributed by atoms with Crippen molar-refractivity contribution < 1.29 is 0 Å². The van der Waals surface area contributed by atoms with Gasteiger partial charge in [0.2, 0.25) is 0 Å². The Bertz CT molecular complexity index is 321. The molecular weight excluding hydrogens is 178 g/mol. The van der Waals surface area contributed by atoms with E-state index >= 15 is 0 Å². The van der Waals surface area contributed by atoms with Crippen molar-refractivity contribution in [1.29, 1.82) is 0 Å². The van der Waals surface area contributed by atoms with Crippen LogP contribution in [-0.2, 0) is 0 Å². The van der Waals surface area contributed by atoms with Gasteiger partial charge in [-0.15, -0.1) is 11.3 Å². The Morgan fingerprint density at radius 3 is 2.69 bits per heavy atom. The molecule has 0 N–H and O–H groups in total. The summed E-state index contributed by atoms with van der Waals surface area (Å²) in [5.74, 6) is 0.527. The second kappa shape index (κ2) is 4.38. The lowest BCUT2D eigenvalue weighted by Crippen LogP contribution is -1.89. The van der Waals surface area contributed by atoms with E-state index in [4.69, 9.17) is 0 Å². The van der Waals surface area contributed by atoms with Crippen LogP contribution < -0.4 is 0 Å². The van der Waals surface area contributed by atoms with E-state index in [1.807, 2.05) is 18.5 Å². The molecule has 0 spiro atoms. The van der Waals surface area contributed by atoms with Gasteiger partial charge in [-0.25, -0.2) is 4.98 Å². The van der Waals surface area contributed by atoms with Crippen molar-refractivity contribution in [3.63, 3.8) is 0 Å². The Hall–Kier alpha value is -0.890. The number of thiazole rings is 1. The minimum absolute atomic E-state index is 0.527. The van der Waals surface area contributed by atoms with Gasteiger partial charge in [-0.3, -0.25) is 0 Å². The van der Waals surface area contributed by atoms with Crippen LogP contribution >= 0.6 is 11.3 Å². The van der Waals surface area contributed by atoms with Crippen LogP contribution in [0.2, 0.25) is 0 Å². The summed E-state index contributed by atoms with van der Waals surface area (Å²) >= 11 is 1.68. The van der Waals surface area contributed by atoms with Crippen LogP contribution in [0.15, 0.2) is 23.7 Å². The van der Waals surface area contributed by atoms with Crippen LogP contribution in [0.4, 0.5) is 0 Å². The smallest absolute Gasteiger partial charge is 0.0801 e. The summed E-state index contributed by atoms with van der Waals surface area (Å²) < 4.78 is 0. The molecule has 1 rings (SSSR count). The first-order valence-electron chi connectivity index (χ1n) is 4.39. The van der Waals surface area contributed by atoms with Crippen LogP contribution in [0.25, 0.3) is 6.08 Å². The molecule has 0 saturated heterocycles. The van der Waals surface area contributed by atoms with Gasteiger partial charge in [0.15, 0.2) is 0 Å². The molecule has 0 unspecified atom stereocenters. The molecule has 13 heavy (non-hydrogen) atoms. The molecule has 0 aliphatic rings. The quantitative estimate of drug-likeness (QED) is 0.667. The number of aromatic nitrogens is 1. The SMILES string of the molecule is C=C/C(=C\c1scnc1C)C(C)C. The maximum absolute atomic E-state index is 4.20. The third-order valence-corrected chi connectivity index (χ3v) is 2.86. The third kappa shape index (κ3) is 2.52. The zero-order valence-electron chi connectivity index (χ0n) is 8.37. The van der Waals surface area contributed by atoms with Crippen LogP contribution in [0.5, 0.6) is 0 Å². The molecule has 0 fully saturated rings. The largest absolute Gasteiger partial charge is 0.249 e. The molecule has 1 heterocycles. The van der Waals surface area contributed by atoms with E-state index in [2.05, 4.69) is 31.5 Å². The monoisotopic (exact) mass is 193 g/mol. The van der Waals surface area contributed by atoms with Gasteiger partial charge < -0.3 is 0 Å². The molecule has 0 aliphatic heterocycles. The van der Waals surface area contributed by atoms with Gasteiger partial charge >= 0.3 is 0 Å². The molecule has 0 aromatic carbocycles. The molecule has 2 heteroatoms. The average Bonchev–Trinajstić information content (AvgIpc) is 2.46. The molecule has 1 nitrogen and oxygen atoms in total. The van der Waals surface area contributed by atoms with Gasteiger partial charge in [0.1, 0.15) is 0 Å². The fourth-order valence-corrected chi connectivity index (χ4v) is 1.81. The summed E-state index contributed by atoms with van der Waals surface area (Å²) in [6.07, 6.45) is 4.09. The number of nitrogens with zero attached hydrogens (tertiary/aromatic N) is 1. The van der Waals surface area contributed by atoms with Crippen molar-refractivity contribution >= 4 is 17.4 Å². The fraction of sp³-hybridized carbons (Fsp3) is 0.364. The van der Waals surface area contributed by atoms with E-state index in [9.17, 15) is 0 Å². The molecule has 70 valence electrons. The van der Waals surface area contributed by atoms with Crippen molar-refractivity contribution in [2.24, 2.45) is 5.92 Å². The highest BCUT2D eigenvalue weighted by atomic mass is 32.1. The molecule has 0 amide bonds. The van der Waals surface area contributed by atoms with Crippen LogP contribution in [0, 0.1) is 12.8 Å². The Morgan fingerprint density at radius 1 is 1.62 bits per heavy atom. The van der Waals surface area contributed by atoms with E-state index in [0.29, 0.717) is 5.92 Å². The number of aryl methyl sites for hydroxylation is 1. The Kier molecular flexibility index (Phi) is 3.43. The number of hydrogen-bond donors (Lipinski definition) is 0. The molecule has 0 atom stereocenters. The van der Waals surface area contributed by atoms with Gasteiger partial charge in [0.05, 0.1) is 16.1 Å².